The van der Waals surface area contributed by atoms with E-state index in [1.54, 1.807) is 5.30 Å². The molecule has 1 aliphatic heterocycles. The van der Waals surface area contributed by atoms with Gasteiger partial charge in [0.15, 0.2) is 0 Å². The van der Waals surface area contributed by atoms with Gasteiger partial charge in [-0.05, 0) is 0 Å². The molecule has 29 heavy (non-hydrogen) atoms. The van der Waals surface area contributed by atoms with Crippen LogP contribution in [0.3, 0.4) is 0 Å². The molecule has 2 aromatic rings. The van der Waals surface area contributed by atoms with Crippen molar-refractivity contribution in [2.45, 2.75) is 75.5 Å². The van der Waals surface area contributed by atoms with Crippen molar-refractivity contribution in [3.8, 4) is 16.9 Å². The van der Waals surface area contributed by atoms with Crippen LogP contribution in [0, 0.1) is 0 Å². The van der Waals surface area contributed by atoms with Gasteiger partial charge < -0.3 is 0 Å². The third-order valence-corrected chi connectivity index (χ3v) is 15.9. The normalized spacial score (nSPS) is 24.8. The molecule has 0 aromatic heterocycles. The van der Waals surface area contributed by atoms with E-state index >= 15 is 0 Å². The third-order valence-electron chi connectivity index (χ3n) is 8.38. The van der Waals surface area contributed by atoms with Crippen molar-refractivity contribution < 1.29 is 9.26 Å². The van der Waals surface area contributed by atoms with Gasteiger partial charge in [-0.25, -0.2) is 0 Å². The van der Waals surface area contributed by atoms with E-state index in [0.29, 0.717) is 11.3 Å². The summed E-state index contributed by atoms with van der Waals surface area (Å²) in [6.45, 7) is -2.84. The van der Waals surface area contributed by atoms with Crippen LogP contribution in [0.4, 0.5) is 0 Å². The van der Waals surface area contributed by atoms with Crippen LogP contribution in [0.2, 0.25) is 0 Å². The van der Waals surface area contributed by atoms with E-state index in [2.05, 4.69) is 49.6 Å². The Morgan fingerprint density at radius 2 is 1.28 bits per heavy atom. The molecular formula is C26H35O2P. The maximum atomic E-state index is 7.19. The summed E-state index contributed by atoms with van der Waals surface area (Å²) in [6.07, 6.45) is 13.4. The van der Waals surface area contributed by atoms with Crippen molar-refractivity contribution in [3.05, 3.63) is 42.5 Å². The second-order valence-electron chi connectivity index (χ2n) is 9.31. The number of benzene rings is 2. The Hall–Kier alpha value is -1.37. The number of fused-ring (bicyclic) bond motifs is 3. The number of rotatable bonds is 4. The van der Waals surface area contributed by atoms with Crippen LogP contribution in [0.15, 0.2) is 42.5 Å². The molecule has 3 aliphatic rings. The molecule has 156 valence electrons. The Labute approximate surface area is 176 Å². The molecular weight excluding hydrogens is 375 g/mol. The van der Waals surface area contributed by atoms with Crippen molar-refractivity contribution in [1.82, 2.24) is 0 Å². The topological polar surface area (TPSA) is 18.5 Å². The van der Waals surface area contributed by atoms with Gasteiger partial charge in [0, 0.05) is 0 Å². The average molecular weight is 411 g/mol. The van der Waals surface area contributed by atoms with Crippen LogP contribution in [-0.2, 0) is 4.52 Å². The van der Waals surface area contributed by atoms with Gasteiger partial charge in [0.2, 0.25) is 0 Å². The Morgan fingerprint density at radius 3 is 1.86 bits per heavy atom. The molecule has 3 heteroatoms. The van der Waals surface area contributed by atoms with Crippen LogP contribution >= 0.6 is 6.83 Å². The molecule has 0 saturated heterocycles. The fourth-order valence-corrected chi connectivity index (χ4v) is 15.7. The summed E-state index contributed by atoms with van der Waals surface area (Å²) in [5.74, 6) is 1.02. The van der Waals surface area contributed by atoms with Gasteiger partial charge in [-0.2, -0.15) is 0 Å². The molecule has 0 unspecified atom stereocenters. The van der Waals surface area contributed by atoms with E-state index in [0.717, 1.165) is 5.75 Å². The summed E-state index contributed by atoms with van der Waals surface area (Å²) in [4.78, 5) is 0. The summed E-state index contributed by atoms with van der Waals surface area (Å²) >= 11 is 0. The Balaban J connectivity index is 1.90. The van der Waals surface area contributed by atoms with Gasteiger partial charge in [-0.15, -0.1) is 0 Å². The monoisotopic (exact) mass is 410 g/mol. The van der Waals surface area contributed by atoms with E-state index in [4.69, 9.17) is 9.26 Å². The molecule has 1 heterocycles. The predicted octanol–water partition coefficient (Wildman–Crippen LogP) is 6.41. The fraction of sp³-hybridized carbons (Fsp3) is 0.538. The Kier molecular flexibility index (Phi) is 5.00. The SMILES string of the molecule is COc1cccc2c1-c1ccccc1P2(OC)(C1CCCCC1)C1CCCCC1. The maximum absolute atomic E-state index is 7.19. The second-order valence-corrected chi connectivity index (χ2v) is 14.4. The minimum absolute atomic E-state index is 0.650. The van der Waals surface area contributed by atoms with E-state index in [9.17, 15) is 0 Å². The van der Waals surface area contributed by atoms with Crippen molar-refractivity contribution in [1.29, 1.82) is 0 Å². The van der Waals surface area contributed by atoms with Gasteiger partial charge in [0.05, 0.1) is 0 Å². The summed E-state index contributed by atoms with van der Waals surface area (Å²) < 4.78 is 13.1. The summed E-state index contributed by atoms with van der Waals surface area (Å²) in [5.41, 5.74) is 4.02. The van der Waals surface area contributed by atoms with E-state index < -0.39 is 6.83 Å². The van der Waals surface area contributed by atoms with Gasteiger partial charge in [0.1, 0.15) is 0 Å². The Bertz CT molecular complexity index is 875. The van der Waals surface area contributed by atoms with Gasteiger partial charge >= 0.3 is 176 Å². The molecule has 5 rings (SSSR count). The second kappa shape index (κ2) is 7.40. The first kappa shape index (κ1) is 19.6. The third kappa shape index (κ3) is 2.42. The first-order chi connectivity index (χ1) is 14.3. The van der Waals surface area contributed by atoms with Gasteiger partial charge in [-0.3, -0.25) is 0 Å². The van der Waals surface area contributed by atoms with Crippen LogP contribution in [0.25, 0.3) is 11.1 Å². The number of methoxy groups -OCH3 is 1. The van der Waals surface area contributed by atoms with Gasteiger partial charge in [-0.1, -0.05) is 0 Å². The van der Waals surface area contributed by atoms with Crippen LogP contribution in [-0.4, -0.2) is 25.5 Å². The quantitative estimate of drug-likeness (QED) is 0.543. The molecule has 2 saturated carbocycles. The van der Waals surface area contributed by atoms with E-state index in [1.165, 1.54) is 80.6 Å². The molecule has 2 fully saturated rings. The zero-order valence-electron chi connectivity index (χ0n) is 18.0. The summed E-state index contributed by atoms with van der Waals surface area (Å²) in [7, 11) is 3.88. The average Bonchev–Trinajstić information content (AvgIpc) is 3.09. The molecule has 2 aromatic carbocycles. The molecule has 0 radical (unpaired) electrons. The molecule has 0 spiro atoms. The standard InChI is InChI=1S/C26H35O2P/c1-27-23-17-11-19-25-26(23)22-16-9-10-18-24(22)29(25,28-2,20-12-5-3-6-13-20)21-14-7-4-8-15-21/h9-11,16-21H,3-8,12-15H2,1-2H3. The predicted molar refractivity (Wildman–Crippen MR) is 125 cm³/mol. The van der Waals surface area contributed by atoms with E-state index in [1.807, 2.05) is 7.11 Å². The first-order valence-electron chi connectivity index (χ1n) is 11.6. The molecule has 2 aliphatic carbocycles. The van der Waals surface area contributed by atoms with Crippen molar-refractivity contribution in [3.63, 3.8) is 0 Å². The zero-order chi connectivity index (χ0) is 19.9. The molecule has 0 N–H and O–H groups in total. The molecule has 0 atom stereocenters. The van der Waals surface area contributed by atoms with E-state index in [-0.39, 0.29) is 0 Å². The number of hydrogen-bond acceptors (Lipinski definition) is 2. The Morgan fingerprint density at radius 1 is 0.690 bits per heavy atom. The van der Waals surface area contributed by atoms with Crippen LogP contribution in [0.1, 0.15) is 64.2 Å². The minimum atomic E-state index is -2.84. The van der Waals surface area contributed by atoms with Crippen molar-refractivity contribution in [2.24, 2.45) is 0 Å². The van der Waals surface area contributed by atoms with Crippen molar-refractivity contribution >= 4 is 17.4 Å². The summed E-state index contributed by atoms with van der Waals surface area (Å²) in [6, 6.07) is 16.0. The number of ether oxygens (including phenoxy) is 1. The zero-order valence-corrected chi connectivity index (χ0v) is 18.9. The fourth-order valence-electron chi connectivity index (χ4n) is 7.33. The van der Waals surface area contributed by atoms with Crippen molar-refractivity contribution in [2.75, 3.05) is 14.2 Å². The molecule has 0 bridgehead atoms. The summed E-state index contributed by atoms with van der Waals surface area (Å²) in [5, 5.41) is 3.05. The molecule has 0 amide bonds. The van der Waals surface area contributed by atoms with Gasteiger partial charge in [0.25, 0.3) is 0 Å². The first-order valence-corrected chi connectivity index (χ1v) is 13.9. The molecule has 2 nitrogen and oxygen atoms in total. The number of hydrogen-bond donors (Lipinski definition) is 0. The van der Waals surface area contributed by atoms with Crippen LogP contribution < -0.4 is 15.3 Å². The van der Waals surface area contributed by atoms with Crippen LogP contribution in [0.5, 0.6) is 5.75 Å².